The minimum absolute atomic E-state index is 0.166. The Labute approximate surface area is 145 Å². The fraction of sp³-hybridized carbons (Fsp3) is 0.550. The summed E-state index contributed by atoms with van der Waals surface area (Å²) in [5.41, 5.74) is 0.843. The van der Waals surface area contributed by atoms with Gasteiger partial charge in [0.2, 0.25) is 0 Å². The number of hydrogen-bond acceptors (Lipinski definition) is 3. The van der Waals surface area contributed by atoms with E-state index in [9.17, 15) is 4.79 Å². The van der Waals surface area contributed by atoms with E-state index in [0.29, 0.717) is 0 Å². The van der Waals surface area contributed by atoms with E-state index in [1.165, 1.54) is 5.56 Å². The molecule has 2 heterocycles. The Hall–Kier alpha value is -1.81. The summed E-state index contributed by atoms with van der Waals surface area (Å²) < 4.78 is 5.64. The van der Waals surface area contributed by atoms with Crippen LogP contribution in [0.1, 0.15) is 39.2 Å². The topological polar surface area (TPSA) is 32.8 Å². The van der Waals surface area contributed by atoms with Gasteiger partial charge < -0.3 is 4.74 Å². The molecule has 4 nitrogen and oxygen atoms in total. The Morgan fingerprint density at radius 2 is 2.00 bits per heavy atom. The lowest BCUT2D eigenvalue weighted by Gasteiger charge is -2.46. The Bertz CT molecular complexity index is 593. The van der Waals surface area contributed by atoms with Crippen LogP contribution in [0, 0.1) is 0 Å². The molecule has 2 fully saturated rings. The summed E-state index contributed by atoms with van der Waals surface area (Å²) in [5, 5.41) is 0. The van der Waals surface area contributed by atoms with Gasteiger partial charge in [-0.05, 0) is 39.2 Å². The molecule has 3 atom stereocenters. The van der Waals surface area contributed by atoms with Crippen LogP contribution >= 0.6 is 0 Å². The van der Waals surface area contributed by atoms with Crippen molar-refractivity contribution in [2.24, 2.45) is 0 Å². The second-order valence-electron chi connectivity index (χ2n) is 7.83. The molecule has 0 aromatic heterocycles. The fourth-order valence-corrected chi connectivity index (χ4v) is 3.96. The normalized spacial score (nSPS) is 27.1. The summed E-state index contributed by atoms with van der Waals surface area (Å²) in [5.74, 6) is 0. The van der Waals surface area contributed by atoms with Gasteiger partial charge >= 0.3 is 6.09 Å². The molecular weight excluding hydrogens is 300 g/mol. The zero-order valence-corrected chi connectivity index (χ0v) is 14.9. The van der Waals surface area contributed by atoms with Crippen LogP contribution in [0.25, 0.3) is 0 Å². The van der Waals surface area contributed by atoms with Gasteiger partial charge in [-0.1, -0.05) is 36.4 Å². The number of rotatable bonds is 3. The van der Waals surface area contributed by atoms with Crippen molar-refractivity contribution in [3.63, 3.8) is 0 Å². The van der Waals surface area contributed by atoms with Gasteiger partial charge in [0.1, 0.15) is 5.60 Å². The van der Waals surface area contributed by atoms with Gasteiger partial charge in [-0.3, -0.25) is 9.80 Å². The summed E-state index contributed by atoms with van der Waals surface area (Å²) in [6.07, 6.45) is 3.87. The maximum absolute atomic E-state index is 12.7. The second kappa shape index (κ2) is 6.60. The summed E-state index contributed by atoms with van der Waals surface area (Å²) >= 11 is 0. The number of likely N-dealkylation sites (tertiary alicyclic amines) is 1. The van der Waals surface area contributed by atoms with Gasteiger partial charge in [-0.15, -0.1) is 6.58 Å². The summed E-state index contributed by atoms with van der Waals surface area (Å²) in [7, 11) is 0. The molecule has 2 saturated heterocycles. The van der Waals surface area contributed by atoms with E-state index in [1.54, 1.807) is 0 Å². The molecule has 1 amide bonds. The molecule has 2 bridgehead atoms. The Balaban J connectivity index is 1.76. The lowest BCUT2D eigenvalue weighted by Crippen LogP contribution is -2.60. The Morgan fingerprint density at radius 1 is 1.29 bits per heavy atom. The number of benzene rings is 1. The minimum Gasteiger partial charge on any atom is -0.444 e. The van der Waals surface area contributed by atoms with Crippen LogP contribution in [0.2, 0.25) is 0 Å². The van der Waals surface area contributed by atoms with Gasteiger partial charge in [-0.2, -0.15) is 0 Å². The lowest BCUT2D eigenvalue weighted by molar-refractivity contribution is -0.0159. The number of piperazine rings is 1. The van der Waals surface area contributed by atoms with E-state index < -0.39 is 5.60 Å². The van der Waals surface area contributed by atoms with E-state index in [1.807, 2.05) is 37.8 Å². The summed E-state index contributed by atoms with van der Waals surface area (Å²) in [6.45, 7) is 11.6. The predicted molar refractivity (Wildman–Crippen MR) is 95.7 cm³/mol. The Kier molecular flexibility index (Phi) is 4.68. The van der Waals surface area contributed by atoms with Gasteiger partial charge in [0.25, 0.3) is 0 Å². The molecule has 3 rings (SSSR count). The monoisotopic (exact) mass is 328 g/mol. The van der Waals surface area contributed by atoms with Gasteiger partial charge in [0.05, 0.1) is 6.04 Å². The highest BCUT2D eigenvalue weighted by atomic mass is 16.6. The van der Waals surface area contributed by atoms with Gasteiger partial charge in [-0.25, -0.2) is 4.79 Å². The van der Waals surface area contributed by atoms with Crippen LogP contribution in [0.15, 0.2) is 43.0 Å². The molecular formula is C20H28N2O2. The van der Waals surface area contributed by atoms with E-state index in [-0.39, 0.29) is 24.2 Å². The third-order valence-electron chi connectivity index (χ3n) is 4.88. The van der Waals surface area contributed by atoms with Crippen LogP contribution in [0.3, 0.4) is 0 Å². The molecule has 0 saturated carbocycles. The number of carbonyl (C=O) groups excluding carboxylic acids is 1. The molecule has 0 N–H and O–H groups in total. The van der Waals surface area contributed by atoms with E-state index in [0.717, 1.165) is 25.9 Å². The molecule has 1 aromatic rings. The third kappa shape index (κ3) is 3.48. The average molecular weight is 328 g/mol. The van der Waals surface area contributed by atoms with Crippen molar-refractivity contribution >= 4 is 6.09 Å². The van der Waals surface area contributed by atoms with Gasteiger partial charge in [0, 0.05) is 25.2 Å². The quantitative estimate of drug-likeness (QED) is 0.791. The first-order chi connectivity index (χ1) is 11.4. The van der Waals surface area contributed by atoms with Crippen molar-refractivity contribution in [2.75, 3.05) is 6.54 Å². The highest BCUT2D eigenvalue weighted by Crippen LogP contribution is 2.36. The van der Waals surface area contributed by atoms with Crippen LogP contribution in [0.5, 0.6) is 0 Å². The zero-order chi connectivity index (χ0) is 17.3. The van der Waals surface area contributed by atoms with E-state index in [4.69, 9.17) is 4.74 Å². The number of carbonyl (C=O) groups is 1. The van der Waals surface area contributed by atoms with Crippen LogP contribution in [-0.2, 0) is 11.3 Å². The lowest BCUT2D eigenvalue weighted by atomic mass is 10.0. The standard InChI is InChI=1S/C20H28N2O2/c1-5-17-18-12-11-16(22(18)19(23)24-20(2,3)4)14-21(17)13-15-9-7-6-8-10-15/h5-10,16-18H,1,11-14H2,2-4H3/t16-,17-,18+/m1/s1. The van der Waals surface area contributed by atoms with Crippen LogP contribution < -0.4 is 0 Å². The van der Waals surface area contributed by atoms with Crippen LogP contribution in [-0.4, -0.2) is 46.2 Å². The van der Waals surface area contributed by atoms with Crippen molar-refractivity contribution in [3.05, 3.63) is 48.6 Å². The maximum Gasteiger partial charge on any atom is 0.410 e. The number of fused-ring (bicyclic) bond motifs is 2. The molecule has 0 aliphatic carbocycles. The molecule has 24 heavy (non-hydrogen) atoms. The van der Waals surface area contributed by atoms with Crippen molar-refractivity contribution in [1.29, 1.82) is 0 Å². The predicted octanol–water partition coefficient (Wildman–Crippen LogP) is 3.82. The molecule has 4 heteroatoms. The number of ether oxygens (including phenoxy) is 1. The average Bonchev–Trinajstić information content (AvgIpc) is 2.83. The zero-order valence-electron chi connectivity index (χ0n) is 14.9. The highest BCUT2D eigenvalue weighted by Gasteiger charge is 2.48. The molecule has 2 aliphatic heterocycles. The van der Waals surface area contributed by atoms with E-state index in [2.05, 4.69) is 35.7 Å². The number of hydrogen-bond donors (Lipinski definition) is 0. The summed E-state index contributed by atoms with van der Waals surface area (Å²) in [4.78, 5) is 17.1. The Morgan fingerprint density at radius 3 is 2.62 bits per heavy atom. The fourth-order valence-electron chi connectivity index (χ4n) is 3.96. The van der Waals surface area contributed by atoms with Gasteiger partial charge in [0.15, 0.2) is 0 Å². The van der Waals surface area contributed by atoms with Crippen molar-refractivity contribution in [1.82, 2.24) is 9.80 Å². The largest absolute Gasteiger partial charge is 0.444 e. The molecule has 0 unspecified atom stereocenters. The number of amides is 1. The van der Waals surface area contributed by atoms with E-state index >= 15 is 0 Å². The smallest absolute Gasteiger partial charge is 0.410 e. The SMILES string of the molecule is C=C[C@@H]1[C@@H]2CC[C@H](CN1Cc1ccccc1)N2C(=O)OC(C)(C)C. The molecule has 1 aromatic carbocycles. The van der Waals surface area contributed by atoms with Crippen molar-refractivity contribution in [3.8, 4) is 0 Å². The molecule has 130 valence electrons. The molecule has 2 aliphatic rings. The second-order valence-corrected chi connectivity index (χ2v) is 7.83. The molecule has 0 radical (unpaired) electrons. The van der Waals surface area contributed by atoms with Crippen LogP contribution in [0.4, 0.5) is 4.79 Å². The van der Waals surface area contributed by atoms with Crippen molar-refractivity contribution in [2.45, 2.75) is 63.9 Å². The maximum atomic E-state index is 12.7. The summed E-state index contributed by atoms with van der Waals surface area (Å²) in [6, 6.07) is 11.1. The molecule has 0 spiro atoms. The highest BCUT2D eigenvalue weighted by molar-refractivity contribution is 5.70. The minimum atomic E-state index is -0.457. The van der Waals surface area contributed by atoms with Crippen molar-refractivity contribution < 1.29 is 9.53 Å². The third-order valence-corrected chi connectivity index (χ3v) is 4.88. The first-order valence-corrected chi connectivity index (χ1v) is 8.81. The first kappa shape index (κ1) is 17.0. The first-order valence-electron chi connectivity index (χ1n) is 8.81. The number of nitrogens with zero attached hydrogens (tertiary/aromatic N) is 2.